The van der Waals surface area contributed by atoms with Crippen molar-refractivity contribution in [3.05, 3.63) is 33.1 Å². The van der Waals surface area contributed by atoms with Crippen LogP contribution in [0.1, 0.15) is 36.5 Å². The maximum Gasteiger partial charge on any atom is 0.300 e. The highest BCUT2D eigenvalue weighted by Crippen LogP contribution is 2.24. The molecule has 1 fully saturated rings. The second-order valence-corrected chi connectivity index (χ2v) is 5.50. The Morgan fingerprint density at radius 1 is 1.50 bits per heavy atom. The number of carbonyl (C=O) groups excluding carboxylic acids is 1. The van der Waals surface area contributed by atoms with Crippen molar-refractivity contribution in [3.63, 3.8) is 0 Å². The Morgan fingerprint density at radius 3 is 2.95 bits per heavy atom. The number of likely N-dealkylation sites (tertiary alicyclic amines) is 1. The summed E-state index contributed by atoms with van der Waals surface area (Å²) in [6.45, 7) is 3.40. The quantitative estimate of drug-likeness (QED) is 0.478. The van der Waals surface area contributed by atoms with Crippen LogP contribution in [0.5, 0.6) is 0 Å². The average Bonchev–Trinajstić information content (AvgIpc) is 2.62. The van der Waals surface area contributed by atoms with Crippen molar-refractivity contribution >= 4 is 23.2 Å². The third-order valence-corrected chi connectivity index (χ3v) is 3.79. The zero-order valence-corrected chi connectivity index (χ0v) is 12.0. The van der Waals surface area contributed by atoms with E-state index in [-0.39, 0.29) is 22.3 Å². The van der Waals surface area contributed by atoms with Crippen LogP contribution < -0.4 is 0 Å². The molecule has 2 rings (SSSR count). The summed E-state index contributed by atoms with van der Waals surface area (Å²) >= 11 is 5.76. The van der Waals surface area contributed by atoms with Gasteiger partial charge >= 0.3 is 0 Å². The van der Waals surface area contributed by atoms with Crippen molar-refractivity contribution in [2.75, 3.05) is 13.1 Å². The van der Waals surface area contributed by atoms with Crippen LogP contribution in [0.15, 0.2) is 12.3 Å². The van der Waals surface area contributed by atoms with E-state index in [1.807, 2.05) is 0 Å². The van der Waals surface area contributed by atoms with Crippen LogP contribution in [0.25, 0.3) is 0 Å². The molecule has 0 radical (unpaired) electrons. The summed E-state index contributed by atoms with van der Waals surface area (Å²) in [5.74, 6) is 0.235. The average molecular weight is 298 g/mol. The van der Waals surface area contributed by atoms with Crippen molar-refractivity contribution in [1.29, 1.82) is 0 Å². The molecule has 1 saturated heterocycles. The summed E-state index contributed by atoms with van der Waals surface area (Å²) < 4.78 is 0. The second kappa shape index (κ2) is 6.17. The molecule has 1 aliphatic heterocycles. The number of rotatable bonds is 2. The van der Waals surface area contributed by atoms with Gasteiger partial charge in [0.05, 0.1) is 4.92 Å². The van der Waals surface area contributed by atoms with Gasteiger partial charge in [-0.15, -0.1) is 0 Å². The first kappa shape index (κ1) is 14.7. The van der Waals surface area contributed by atoms with Crippen molar-refractivity contribution < 1.29 is 9.72 Å². The topological polar surface area (TPSA) is 76.3 Å². The van der Waals surface area contributed by atoms with Crippen molar-refractivity contribution in [3.8, 4) is 0 Å². The maximum atomic E-state index is 12.5. The zero-order valence-electron chi connectivity index (χ0n) is 11.2. The van der Waals surface area contributed by atoms with Gasteiger partial charge in [0, 0.05) is 13.1 Å². The van der Waals surface area contributed by atoms with E-state index < -0.39 is 4.92 Å². The highest BCUT2D eigenvalue weighted by Gasteiger charge is 2.27. The Morgan fingerprint density at radius 2 is 2.25 bits per heavy atom. The molecule has 0 N–H and O–H groups in total. The number of hydrogen-bond donors (Lipinski definition) is 0. The molecular formula is C13H16ClN3O3. The minimum Gasteiger partial charge on any atom is -0.338 e. The van der Waals surface area contributed by atoms with E-state index in [4.69, 9.17) is 11.6 Å². The van der Waals surface area contributed by atoms with Gasteiger partial charge in [0.2, 0.25) is 0 Å². The molecule has 20 heavy (non-hydrogen) atoms. The molecule has 1 aromatic heterocycles. The van der Waals surface area contributed by atoms with Gasteiger partial charge < -0.3 is 4.90 Å². The third-order valence-electron chi connectivity index (χ3n) is 3.58. The summed E-state index contributed by atoms with van der Waals surface area (Å²) in [5, 5.41) is 11.1. The first-order valence-electron chi connectivity index (χ1n) is 6.58. The summed E-state index contributed by atoms with van der Waals surface area (Å²) in [6, 6.07) is 1.27. The SMILES string of the molecule is CC1CCCN(C(=O)c2cc(Cl)ncc2[N+](=O)[O-])CC1. The molecule has 1 unspecified atom stereocenters. The van der Waals surface area contributed by atoms with Gasteiger partial charge in [0.25, 0.3) is 11.6 Å². The van der Waals surface area contributed by atoms with Crippen LogP contribution in [0.3, 0.4) is 0 Å². The molecule has 0 spiro atoms. The molecule has 1 aliphatic rings. The lowest BCUT2D eigenvalue weighted by Crippen LogP contribution is -2.32. The summed E-state index contributed by atoms with van der Waals surface area (Å²) in [4.78, 5) is 28.2. The third kappa shape index (κ3) is 3.25. The van der Waals surface area contributed by atoms with Crippen molar-refractivity contribution in [2.45, 2.75) is 26.2 Å². The normalized spacial score (nSPS) is 19.5. The molecular weight excluding hydrogens is 282 g/mol. The largest absolute Gasteiger partial charge is 0.338 e. The lowest BCUT2D eigenvalue weighted by molar-refractivity contribution is -0.385. The first-order valence-corrected chi connectivity index (χ1v) is 6.96. The fraction of sp³-hybridized carbons (Fsp3) is 0.538. The van der Waals surface area contributed by atoms with Crippen LogP contribution in [0, 0.1) is 16.0 Å². The van der Waals surface area contributed by atoms with Crippen LogP contribution >= 0.6 is 11.6 Å². The molecule has 0 saturated carbocycles. The van der Waals surface area contributed by atoms with Gasteiger partial charge in [-0.1, -0.05) is 18.5 Å². The number of hydrogen-bond acceptors (Lipinski definition) is 4. The number of nitrogens with zero attached hydrogens (tertiary/aromatic N) is 3. The summed E-state index contributed by atoms with van der Waals surface area (Å²) in [5.41, 5.74) is -0.277. The van der Waals surface area contributed by atoms with E-state index in [0.29, 0.717) is 19.0 Å². The Bertz CT molecular complexity index is 536. The summed E-state index contributed by atoms with van der Waals surface area (Å²) in [7, 11) is 0. The molecule has 0 aromatic carbocycles. The van der Waals surface area contributed by atoms with E-state index in [1.165, 1.54) is 6.07 Å². The number of carbonyl (C=O) groups is 1. The number of amides is 1. The van der Waals surface area contributed by atoms with Gasteiger partial charge in [-0.3, -0.25) is 14.9 Å². The molecule has 108 valence electrons. The Balaban J connectivity index is 2.28. The van der Waals surface area contributed by atoms with Crippen molar-refractivity contribution in [1.82, 2.24) is 9.88 Å². The fourth-order valence-electron chi connectivity index (χ4n) is 2.38. The van der Waals surface area contributed by atoms with Gasteiger partial charge in [-0.2, -0.15) is 0 Å². The molecule has 6 nitrogen and oxygen atoms in total. The molecule has 1 atom stereocenters. The van der Waals surface area contributed by atoms with Crippen LogP contribution in [-0.2, 0) is 0 Å². The summed E-state index contributed by atoms with van der Waals surface area (Å²) in [6.07, 6.45) is 3.94. The fourth-order valence-corrected chi connectivity index (χ4v) is 2.53. The van der Waals surface area contributed by atoms with E-state index in [2.05, 4.69) is 11.9 Å². The Hall–Kier alpha value is -1.69. The second-order valence-electron chi connectivity index (χ2n) is 5.11. The number of nitro groups is 1. The molecule has 0 bridgehead atoms. The molecule has 0 aliphatic carbocycles. The Labute approximate surface area is 121 Å². The molecule has 1 amide bonds. The van der Waals surface area contributed by atoms with Gasteiger partial charge in [-0.05, 0) is 31.2 Å². The van der Waals surface area contributed by atoms with Crippen LogP contribution in [0.4, 0.5) is 5.69 Å². The predicted octanol–water partition coefficient (Wildman–Crippen LogP) is 2.91. The molecule has 1 aromatic rings. The molecule has 2 heterocycles. The minimum atomic E-state index is -0.600. The lowest BCUT2D eigenvalue weighted by Gasteiger charge is -2.20. The highest BCUT2D eigenvalue weighted by atomic mass is 35.5. The van der Waals surface area contributed by atoms with Gasteiger partial charge in [0.15, 0.2) is 0 Å². The van der Waals surface area contributed by atoms with Crippen LogP contribution in [-0.4, -0.2) is 33.8 Å². The van der Waals surface area contributed by atoms with E-state index >= 15 is 0 Å². The number of aromatic nitrogens is 1. The zero-order chi connectivity index (χ0) is 14.7. The number of pyridine rings is 1. The monoisotopic (exact) mass is 297 g/mol. The standard InChI is InChI=1S/C13H16ClN3O3/c1-9-3-2-5-16(6-4-9)13(18)10-7-12(14)15-8-11(10)17(19)20/h7-9H,2-6H2,1H3. The van der Waals surface area contributed by atoms with E-state index in [0.717, 1.165) is 25.5 Å². The number of halogens is 1. The highest BCUT2D eigenvalue weighted by molar-refractivity contribution is 6.29. The lowest BCUT2D eigenvalue weighted by atomic mass is 10.0. The van der Waals surface area contributed by atoms with Gasteiger partial charge in [0.1, 0.15) is 16.9 Å². The van der Waals surface area contributed by atoms with E-state index in [9.17, 15) is 14.9 Å². The van der Waals surface area contributed by atoms with Crippen LogP contribution in [0.2, 0.25) is 5.15 Å². The van der Waals surface area contributed by atoms with Gasteiger partial charge in [-0.25, -0.2) is 4.98 Å². The first-order chi connectivity index (χ1) is 9.49. The van der Waals surface area contributed by atoms with Crippen molar-refractivity contribution in [2.24, 2.45) is 5.92 Å². The molecule has 7 heteroatoms. The van der Waals surface area contributed by atoms with E-state index in [1.54, 1.807) is 4.90 Å². The predicted molar refractivity (Wildman–Crippen MR) is 74.8 cm³/mol. The smallest absolute Gasteiger partial charge is 0.300 e. The minimum absolute atomic E-state index is 0.0181. The Kier molecular flexibility index (Phi) is 4.54. The maximum absolute atomic E-state index is 12.5.